The molecule has 4 rings (SSSR count). The molecular weight excluding hydrogens is 506 g/mol. The lowest BCUT2D eigenvalue weighted by Crippen LogP contribution is -2.47. The van der Waals surface area contributed by atoms with Gasteiger partial charge in [0, 0.05) is 49.9 Å². The third-order valence-corrected chi connectivity index (χ3v) is 7.27. The second-order valence-corrected chi connectivity index (χ2v) is 9.61. The zero-order chi connectivity index (χ0) is 24.8. The topological polar surface area (TPSA) is 53.8 Å². The third kappa shape index (κ3) is 5.77. The Morgan fingerprint density at radius 1 is 1.06 bits per heavy atom. The summed E-state index contributed by atoms with van der Waals surface area (Å²) >= 11 is 3.55. The van der Waals surface area contributed by atoms with Crippen LogP contribution >= 0.6 is 15.9 Å². The van der Waals surface area contributed by atoms with Crippen LogP contribution in [0.1, 0.15) is 28.5 Å². The molecule has 0 unspecified atom stereocenters. The van der Waals surface area contributed by atoms with E-state index < -0.39 is 0 Å². The van der Waals surface area contributed by atoms with Gasteiger partial charge < -0.3 is 19.4 Å². The fourth-order valence-electron chi connectivity index (χ4n) is 4.53. The SMILES string of the molecule is CCN1CCN(c2c(CN(CCOC)C(=O)c3ccccc3Br)c(C)nn2-c2ccccc2)CC1. The van der Waals surface area contributed by atoms with Crippen molar-refractivity contribution in [3.8, 4) is 5.69 Å². The summed E-state index contributed by atoms with van der Waals surface area (Å²) in [5, 5.41) is 4.96. The first kappa shape index (κ1) is 25.4. The number of benzene rings is 2. The molecule has 3 aromatic rings. The van der Waals surface area contributed by atoms with Crippen molar-refractivity contribution >= 4 is 27.7 Å². The summed E-state index contributed by atoms with van der Waals surface area (Å²) in [6, 6.07) is 17.8. The lowest BCUT2D eigenvalue weighted by Gasteiger charge is -2.36. The van der Waals surface area contributed by atoms with Gasteiger partial charge in [-0.25, -0.2) is 4.68 Å². The predicted molar refractivity (Wildman–Crippen MR) is 143 cm³/mol. The summed E-state index contributed by atoms with van der Waals surface area (Å²) in [6.07, 6.45) is 0. The number of aromatic nitrogens is 2. The molecule has 1 aliphatic heterocycles. The molecule has 1 amide bonds. The maximum Gasteiger partial charge on any atom is 0.255 e. The summed E-state index contributed by atoms with van der Waals surface area (Å²) in [4.78, 5) is 20.4. The van der Waals surface area contributed by atoms with Crippen molar-refractivity contribution in [1.82, 2.24) is 19.6 Å². The zero-order valence-electron chi connectivity index (χ0n) is 20.8. The van der Waals surface area contributed by atoms with Crippen LogP contribution in [0, 0.1) is 6.92 Å². The third-order valence-electron chi connectivity index (χ3n) is 6.58. The number of hydrogen-bond donors (Lipinski definition) is 0. The van der Waals surface area contributed by atoms with E-state index in [2.05, 4.69) is 44.8 Å². The number of para-hydroxylation sites is 1. The molecule has 186 valence electrons. The molecule has 1 fully saturated rings. The quantitative estimate of drug-likeness (QED) is 0.404. The van der Waals surface area contributed by atoms with Crippen LogP contribution in [0.5, 0.6) is 0 Å². The van der Waals surface area contributed by atoms with Crippen molar-refractivity contribution in [3.63, 3.8) is 0 Å². The number of hydrogen-bond acceptors (Lipinski definition) is 5. The minimum absolute atomic E-state index is 0.0249. The monoisotopic (exact) mass is 539 g/mol. The molecule has 0 atom stereocenters. The first-order chi connectivity index (χ1) is 17.0. The minimum atomic E-state index is -0.0249. The molecule has 35 heavy (non-hydrogen) atoms. The lowest BCUT2D eigenvalue weighted by atomic mass is 10.1. The van der Waals surface area contributed by atoms with Crippen LogP contribution in [-0.4, -0.2) is 78.5 Å². The number of carbonyl (C=O) groups is 1. The van der Waals surface area contributed by atoms with E-state index >= 15 is 0 Å². The Morgan fingerprint density at radius 2 is 1.74 bits per heavy atom. The van der Waals surface area contributed by atoms with Crippen LogP contribution in [0.15, 0.2) is 59.1 Å². The highest BCUT2D eigenvalue weighted by atomic mass is 79.9. The highest BCUT2D eigenvalue weighted by Gasteiger charge is 2.28. The zero-order valence-corrected chi connectivity index (χ0v) is 22.4. The molecule has 7 nitrogen and oxygen atoms in total. The van der Waals surface area contributed by atoms with Gasteiger partial charge in [-0.2, -0.15) is 5.10 Å². The molecule has 2 heterocycles. The molecular formula is C27H34BrN5O2. The first-order valence-electron chi connectivity index (χ1n) is 12.2. The fraction of sp³-hybridized carbons (Fsp3) is 0.407. The van der Waals surface area contributed by atoms with Crippen molar-refractivity contribution in [2.24, 2.45) is 0 Å². The van der Waals surface area contributed by atoms with Crippen LogP contribution in [0.4, 0.5) is 5.82 Å². The molecule has 1 aromatic heterocycles. The molecule has 1 aliphatic rings. The van der Waals surface area contributed by atoms with Crippen molar-refractivity contribution < 1.29 is 9.53 Å². The smallest absolute Gasteiger partial charge is 0.255 e. The largest absolute Gasteiger partial charge is 0.383 e. The van der Waals surface area contributed by atoms with Gasteiger partial charge in [-0.1, -0.05) is 37.3 Å². The molecule has 0 bridgehead atoms. The number of anilines is 1. The van der Waals surface area contributed by atoms with E-state index in [4.69, 9.17) is 9.84 Å². The number of methoxy groups -OCH3 is 1. The van der Waals surface area contributed by atoms with E-state index in [-0.39, 0.29) is 5.91 Å². The van der Waals surface area contributed by atoms with Crippen molar-refractivity contribution in [3.05, 3.63) is 75.9 Å². The van der Waals surface area contributed by atoms with Gasteiger partial charge in [0.2, 0.25) is 0 Å². The van der Waals surface area contributed by atoms with Gasteiger partial charge in [0.15, 0.2) is 0 Å². The summed E-state index contributed by atoms with van der Waals surface area (Å²) in [5.41, 5.74) is 3.68. The van der Waals surface area contributed by atoms with Crippen LogP contribution in [0.25, 0.3) is 5.69 Å². The second kappa shape index (κ2) is 11.8. The van der Waals surface area contributed by atoms with Crippen LogP contribution in [-0.2, 0) is 11.3 Å². The highest BCUT2D eigenvalue weighted by molar-refractivity contribution is 9.10. The van der Waals surface area contributed by atoms with Gasteiger partial charge in [0.05, 0.1) is 30.1 Å². The molecule has 2 aromatic carbocycles. The molecule has 0 saturated carbocycles. The molecule has 8 heteroatoms. The normalized spacial score (nSPS) is 14.3. The van der Waals surface area contributed by atoms with Crippen molar-refractivity contribution in [2.75, 3.05) is 57.9 Å². The first-order valence-corrected chi connectivity index (χ1v) is 13.0. The summed E-state index contributed by atoms with van der Waals surface area (Å²) in [5.74, 6) is 1.05. The Kier molecular flexibility index (Phi) is 8.59. The Hall–Kier alpha value is -2.68. The number of nitrogens with zero attached hydrogens (tertiary/aromatic N) is 5. The number of halogens is 1. The fourth-order valence-corrected chi connectivity index (χ4v) is 4.99. The Balaban J connectivity index is 1.73. The Labute approximate surface area is 216 Å². The Morgan fingerprint density at radius 3 is 2.40 bits per heavy atom. The van der Waals surface area contributed by atoms with Crippen LogP contribution < -0.4 is 4.90 Å². The number of amides is 1. The number of ether oxygens (including phenoxy) is 1. The van der Waals surface area contributed by atoms with Gasteiger partial charge in [0.1, 0.15) is 5.82 Å². The van der Waals surface area contributed by atoms with E-state index in [1.165, 1.54) is 0 Å². The second-order valence-electron chi connectivity index (χ2n) is 8.76. The van der Waals surface area contributed by atoms with Crippen molar-refractivity contribution in [2.45, 2.75) is 20.4 Å². The van der Waals surface area contributed by atoms with E-state index in [9.17, 15) is 4.79 Å². The highest BCUT2D eigenvalue weighted by Crippen LogP contribution is 2.30. The summed E-state index contributed by atoms with van der Waals surface area (Å²) in [6.45, 7) is 10.6. The van der Waals surface area contributed by atoms with E-state index in [0.717, 1.165) is 60.0 Å². The van der Waals surface area contributed by atoms with Gasteiger partial charge in [-0.15, -0.1) is 0 Å². The van der Waals surface area contributed by atoms with E-state index in [0.29, 0.717) is 25.3 Å². The van der Waals surface area contributed by atoms with Gasteiger partial charge in [0.25, 0.3) is 5.91 Å². The van der Waals surface area contributed by atoms with Gasteiger partial charge >= 0.3 is 0 Å². The maximum atomic E-state index is 13.6. The number of rotatable bonds is 9. The molecule has 0 aliphatic carbocycles. The Bertz CT molecular complexity index is 1130. The van der Waals surface area contributed by atoms with Gasteiger partial charge in [-0.3, -0.25) is 4.79 Å². The molecule has 1 saturated heterocycles. The lowest BCUT2D eigenvalue weighted by molar-refractivity contribution is 0.0679. The summed E-state index contributed by atoms with van der Waals surface area (Å²) in [7, 11) is 1.67. The number of likely N-dealkylation sites (N-methyl/N-ethyl adjacent to an activating group) is 1. The molecule has 0 radical (unpaired) electrons. The van der Waals surface area contributed by atoms with Crippen molar-refractivity contribution in [1.29, 1.82) is 0 Å². The minimum Gasteiger partial charge on any atom is -0.383 e. The molecule has 0 spiro atoms. The predicted octanol–water partition coefficient (Wildman–Crippen LogP) is 4.37. The standard InChI is InChI=1S/C27H34BrN5O2/c1-4-30-14-16-31(17-15-30)26-24(21(2)29-33(26)22-10-6-5-7-11-22)20-32(18-19-35-3)27(34)23-12-8-9-13-25(23)28/h5-13H,4,14-20H2,1-3H3. The average molecular weight is 541 g/mol. The number of aryl methyl sites for hydroxylation is 1. The van der Waals surface area contributed by atoms with E-state index in [1.54, 1.807) is 7.11 Å². The average Bonchev–Trinajstić information content (AvgIpc) is 3.22. The van der Waals surface area contributed by atoms with Crippen LogP contribution in [0.2, 0.25) is 0 Å². The van der Waals surface area contributed by atoms with E-state index in [1.807, 2.05) is 59.0 Å². The maximum absolute atomic E-state index is 13.6. The number of piperazine rings is 1. The van der Waals surface area contributed by atoms with Crippen LogP contribution in [0.3, 0.4) is 0 Å². The number of carbonyl (C=O) groups excluding carboxylic acids is 1. The summed E-state index contributed by atoms with van der Waals surface area (Å²) < 4.78 is 8.20. The van der Waals surface area contributed by atoms with Gasteiger partial charge in [-0.05, 0) is 53.7 Å². The molecule has 0 N–H and O–H groups in total.